The van der Waals surface area contributed by atoms with Crippen molar-refractivity contribution in [2.45, 2.75) is 19.3 Å². The van der Waals surface area contributed by atoms with Crippen LogP contribution in [0.15, 0.2) is 60.8 Å². The summed E-state index contributed by atoms with van der Waals surface area (Å²) in [7, 11) is 0. The molecule has 27 heavy (non-hydrogen) atoms. The lowest BCUT2D eigenvalue weighted by molar-refractivity contribution is 0.400. The highest BCUT2D eigenvalue weighted by atomic mass is 35.5. The molecule has 2 aromatic carbocycles. The maximum absolute atomic E-state index is 5.93. The van der Waals surface area contributed by atoms with E-state index in [1.54, 1.807) is 6.20 Å². The van der Waals surface area contributed by atoms with Gasteiger partial charge in [0.05, 0.1) is 6.20 Å². The molecule has 0 unspecified atom stereocenters. The van der Waals surface area contributed by atoms with Crippen molar-refractivity contribution in [3.63, 3.8) is 0 Å². The number of nitrogens with one attached hydrogen (secondary N) is 1. The van der Waals surface area contributed by atoms with Gasteiger partial charge in [-0.25, -0.2) is 0 Å². The molecular formula is C21H22ClN5. The van der Waals surface area contributed by atoms with Gasteiger partial charge in [0.25, 0.3) is 0 Å². The molecule has 0 amide bonds. The Hall–Kier alpha value is -2.66. The predicted molar refractivity (Wildman–Crippen MR) is 110 cm³/mol. The van der Waals surface area contributed by atoms with Crippen LogP contribution in [-0.2, 0) is 6.42 Å². The summed E-state index contributed by atoms with van der Waals surface area (Å²) >= 11 is 5.93. The van der Waals surface area contributed by atoms with E-state index in [1.807, 2.05) is 24.3 Å². The van der Waals surface area contributed by atoms with Gasteiger partial charge in [-0.2, -0.15) is 10.1 Å². The Morgan fingerprint density at radius 3 is 2.48 bits per heavy atom. The molecule has 3 aromatic rings. The fourth-order valence-corrected chi connectivity index (χ4v) is 3.58. The maximum atomic E-state index is 5.93. The topological polar surface area (TPSA) is 53.9 Å². The van der Waals surface area contributed by atoms with Crippen molar-refractivity contribution in [3.05, 3.63) is 71.4 Å². The van der Waals surface area contributed by atoms with Crippen molar-refractivity contribution in [2.75, 3.05) is 23.3 Å². The molecule has 1 aliphatic heterocycles. The van der Waals surface area contributed by atoms with Crippen molar-refractivity contribution in [2.24, 2.45) is 5.92 Å². The number of hydrogen-bond acceptors (Lipinski definition) is 5. The minimum Gasteiger partial charge on any atom is -0.339 e. The van der Waals surface area contributed by atoms with Gasteiger partial charge in [-0.05, 0) is 55.0 Å². The van der Waals surface area contributed by atoms with Crippen LogP contribution in [0.5, 0.6) is 0 Å². The zero-order valence-corrected chi connectivity index (χ0v) is 15.8. The molecule has 6 heteroatoms. The molecule has 5 nitrogen and oxygen atoms in total. The van der Waals surface area contributed by atoms with Crippen LogP contribution in [0.2, 0.25) is 5.02 Å². The van der Waals surface area contributed by atoms with Gasteiger partial charge in [-0.1, -0.05) is 41.9 Å². The van der Waals surface area contributed by atoms with E-state index in [2.05, 4.69) is 55.7 Å². The van der Waals surface area contributed by atoms with E-state index in [0.717, 1.165) is 38.0 Å². The highest BCUT2D eigenvalue weighted by molar-refractivity contribution is 6.30. The second kappa shape index (κ2) is 8.35. The molecule has 0 radical (unpaired) electrons. The van der Waals surface area contributed by atoms with Crippen LogP contribution < -0.4 is 10.2 Å². The Balaban J connectivity index is 1.36. The Labute approximate surface area is 164 Å². The average Bonchev–Trinajstić information content (AvgIpc) is 2.71. The molecule has 138 valence electrons. The number of halogens is 1. The summed E-state index contributed by atoms with van der Waals surface area (Å²) in [5, 5.41) is 12.3. The monoisotopic (exact) mass is 379 g/mol. The third-order valence-electron chi connectivity index (χ3n) is 4.93. The van der Waals surface area contributed by atoms with Gasteiger partial charge < -0.3 is 10.2 Å². The van der Waals surface area contributed by atoms with E-state index < -0.39 is 0 Å². The molecule has 2 heterocycles. The number of anilines is 3. The van der Waals surface area contributed by atoms with Gasteiger partial charge in [-0.3, -0.25) is 0 Å². The number of aromatic nitrogens is 3. The van der Waals surface area contributed by atoms with Gasteiger partial charge in [0, 0.05) is 23.8 Å². The Morgan fingerprint density at radius 2 is 1.74 bits per heavy atom. The molecule has 1 fully saturated rings. The second-order valence-corrected chi connectivity index (χ2v) is 7.33. The van der Waals surface area contributed by atoms with Crippen LogP contribution in [0.25, 0.3) is 0 Å². The predicted octanol–water partition coefficient (Wildman–Crippen LogP) is 4.73. The number of nitrogens with zero attached hydrogens (tertiary/aromatic N) is 4. The smallest absolute Gasteiger partial charge is 0.247 e. The minimum atomic E-state index is 0.687. The number of rotatable bonds is 5. The zero-order valence-electron chi connectivity index (χ0n) is 15.1. The van der Waals surface area contributed by atoms with Crippen LogP contribution in [0.1, 0.15) is 18.4 Å². The van der Waals surface area contributed by atoms with Gasteiger partial charge in [0.15, 0.2) is 5.82 Å². The Kier molecular flexibility index (Phi) is 5.49. The van der Waals surface area contributed by atoms with Gasteiger partial charge >= 0.3 is 0 Å². The van der Waals surface area contributed by atoms with E-state index in [0.29, 0.717) is 22.7 Å². The van der Waals surface area contributed by atoms with E-state index in [9.17, 15) is 0 Å². The first-order valence-corrected chi connectivity index (χ1v) is 9.65. The summed E-state index contributed by atoms with van der Waals surface area (Å²) in [6, 6.07) is 18.2. The summed E-state index contributed by atoms with van der Waals surface area (Å²) in [4.78, 5) is 6.86. The lowest BCUT2D eigenvalue weighted by atomic mass is 9.90. The summed E-state index contributed by atoms with van der Waals surface area (Å²) in [5.41, 5.74) is 2.34. The Bertz CT molecular complexity index is 861. The van der Waals surface area contributed by atoms with Crippen molar-refractivity contribution in [1.82, 2.24) is 15.2 Å². The summed E-state index contributed by atoms with van der Waals surface area (Å²) in [5.74, 6) is 2.09. The normalized spacial score (nSPS) is 14.9. The quantitative estimate of drug-likeness (QED) is 0.694. The van der Waals surface area contributed by atoms with Gasteiger partial charge in [-0.15, -0.1) is 5.10 Å². The van der Waals surface area contributed by atoms with Crippen molar-refractivity contribution < 1.29 is 0 Å². The fraction of sp³-hybridized carbons (Fsp3) is 0.286. The van der Waals surface area contributed by atoms with Gasteiger partial charge in [0.1, 0.15) is 0 Å². The standard InChI is InChI=1S/C21H22ClN5/c22-18-6-8-19(9-7-18)24-20-15-23-26-21(25-20)27-12-10-17(11-13-27)14-16-4-2-1-3-5-16/h1-9,15,17H,10-14H2,(H,24,25,26). The van der Waals surface area contributed by atoms with E-state index >= 15 is 0 Å². The highest BCUT2D eigenvalue weighted by Crippen LogP contribution is 2.24. The minimum absolute atomic E-state index is 0.687. The first-order valence-electron chi connectivity index (χ1n) is 9.27. The zero-order chi connectivity index (χ0) is 18.5. The maximum Gasteiger partial charge on any atom is 0.247 e. The average molecular weight is 380 g/mol. The molecule has 0 spiro atoms. The largest absolute Gasteiger partial charge is 0.339 e. The third kappa shape index (κ3) is 4.74. The molecule has 1 N–H and O–H groups in total. The SMILES string of the molecule is Clc1ccc(Nc2cnnc(N3CCC(Cc4ccccc4)CC3)n2)cc1. The summed E-state index contributed by atoms with van der Waals surface area (Å²) in [6.45, 7) is 1.92. The molecule has 1 aromatic heterocycles. The molecule has 0 atom stereocenters. The first kappa shape index (κ1) is 17.7. The van der Waals surface area contributed by atoms with Crippen LogP contribution in [0, 0.1) is 5.92 Å². The molecular weight excluding hydrogens is 358 g/mol. The summed E-state index contributed by atoms with van der Waals surface area (Å²) < 4.78 is 0. The van der Waals surface area contributed by atoms with Crippen molar-refractivity contribution >= 4 is 29.1 Å². The number of piperidine rings is 1. The van der Waals surface area contributed by atoms with E-state index in [-0.39, 0.29) is 0 Å². The molecule has 0 saturated carbocycles. The van der Waals surface area contributed by atoms with Crippen LogP contribution in [0.3, 0.4) is 0 Å². The van der Waals surface area contributed by atoms with Crippen molar-refractivity contribution in [3.8, 4) is 0 Å². The van der Waals surface area contributed by atoms with Crippen molar-refractivity contribution in [1.29, 1.82) is 0 Å². The molecule has 1 saturated heterocycles. The number of benzene rings is 2. The lowest BCUT2D eigenvalue weighted by Crippen LogP contribution is -2.35. The second-order valence-electron chi connectivity index (χ2n) is 6.89. The van der Waals surface area contributed by atoms with Crippen LogP contribution >= 0.6 is 11.6 Å². The summed E-state index contributed by atoms with van der Waals surface area (Å²) in [6.07, 6.45) is 5.08. The van der Waals surface area contributed by atoms with E-state index in [1.165, 1.54) is 5.56 Å². The first-order chi connectivity index (χ1) is 13.3. The molecule has 0 aliphatic carbocycles. The van der Waals surface area contributed by atoms with Crippen LogP contribution in [0.4, 0.5) is 17.5 Å². The van der Waals surface area contributed by atoms with Gasteiger partial charge in [0.2, 0.25) is 5.95 Å². The van der Waals surface area contributed by atoms with Crippen LogP contribution in [-0.4, -0.2) is 28.3 Å². The molecule has 4 rings (SSSR count). The van der Waals surface area contributed by atoms with E-state index in [4.69, 9.17) is 11.6 Å². The molecule has 1 aliphatic rings. The fourth-order valence-electron chi connectivity index (χ4n) is 3.45. The Morgan fingerprint density at radius 1 is 1.00 bits per heavy atom. The molecule has 0 bridgehead atoms. The highest BCUT2D eigenvalue weighted by Gasteiger charge is 2.21. The number of hydrogen-bond donors (Lipinski definition) is 1. The third-order valence-corrected chi connectivity index (χ3v) is 5.18. The lowest BCUT2D eigenvalue weighted by Gasteiger charge is -2.31.